The van der Waals surface area contributed by atoms with Gasteiger partial charge in [0.05, 0.1) is 17.6 Å². The van der Waals surface area contributed by atoms with E-state index >= 15 is 0 Å². The van der Waals surface area contributed by atoms with Gasteiger partial charge in [0.15, 0.2) is 0 Å². The molecule has 34 heavy (non-hydrogen) atoms. The standard InChI is InChI=1S/C23H28BrNO7Si2/c1-14-19(29-4)11-18(23(2,3)22(31-33-5)32-34-6)17(12-24)20(14)21(26)30-13-15-7-9-16(10-8-15)25(27)28/h7-11,22H,12-13H2,1-6H3. The van der Waals surface area contributed by atoms with Crippen molar-refractivity contribution < 1.29 is 28.0 Å². The molecule has 0 saturated heterocycles. The maximum absolute atomic E-state index is 13.3. The number of non-ortho nitro benzene ring substituents is 1. The van der Waals surface area contributed by atoms with Gasteiger partial charge in [0.2, 0.25) is 19.5 Å². The molecular weight excluding hydrogens is 538 g/mol. The number of nitrogens with zero attached hydrogens (tertiary/aromatic N) is 1. The maximum atomic E-state index is 13.3. The highest BCUT2D eigenvalue weighted by atomic mass is 79.9. The number of carbonyl (C=O) groups excluding carboxylic acids is 1. The van der Waals surface area contributed by atoms with E-state index in [1.165, 1.54) is 12.1 Å². The quantitative estimate of drug-likeness (QED) is 0.0877. The third-order valence-corrected chi connectivity index (χ3v) is 6.92. The number of benzene rings is 2. The van der Waals surface area contributed by atoms with Crippen LogP contribution in [-0.4, -0.2) is 43.8 Å². The molecule has 8 nitrogen and oxygen atoms in total. The van der Waals surface area contributed by atoms with Crippen molar-refractivity contribution in [3.8, 4) is 5.75 Å². The smallest absolute Gasteiger partial charge is 0.339 e. The van der Waals surface area contributed by atoms with E-state index in [-0.39, 0.29) is 31.8 Å². The molecule has 0 atom stereocenters. The van der Waals surface area contributed by atoms with Crippen LogP contribution < -0.4 is 4.74 Å². The van der Waals surface area contributed by atoms with Gasteiger partial charge in [-0.2, -0.15) is 0 Å². The number of methoxy groups -OCH3 is 1. The molecule has 182 valence electrons. The van der Waals surface area contributed by atoms with E-state index in [1.54, 1.807) is 19.2 Å². The van der Waals surface area contributed by atoms with Crippen LogP contribution in [0.4, 0.5) is 5.69 Å². The first-order valence-corrected chi connectivity index (χ1v) is 14.4. The van der Waals surface area contributed by atoms with Crippen LogP contribution in [0, 0.1) is 17.0 Å². The summed E-state index contributed by atoms with van der Waals surface area (Å²) in [5.74, 6) is 0.0566. The molecule has 4 radical (unpaired) electrons. The number of nitro benzene ring substituents is 1. The Morgan fingerprint density at radius 2 is 1.76 bits per heavy atom. The van der Waals surface area contributed by atoms with Crippen LogP contribution in [0.15, 0.2) is 30.3 Å². The number of esters is 1. The van der Waals surface area contributed by atoms with E-state index in [0.717, 1.165) is 11.1 Å². The largest absolute Gasteiger partial charge is 0.496 e. The molecule has 0 aliphatic rings. The fourth-order valence-corrected chi connectivity index (χ4v) is 5.40. The third-order valence-electron chi connectivity index (χ3n) is 5.45. The lowest BCUT2D eigenvalue weighted by atomic mass is 9.79. The van der Waals surface area contributed by atoms with Crippen molar-refractivity contribution in [3.05, 3.63) is 68.3 Å². The monoisotopic (exact) mass is 565 g/mol. The van der Waals surface area contributed by atoms with E-state index in [4.69, 9.17) is 18.3 Å². The van der Waals surface area contributed by atoms with E-state index in [1.807, 2.05) is 39.9 Å². The van der Waals surface area contributed by atoms with Gasteiger partial charge in [-0.1, -0.05) is 29.8 Å². The summed E-state index contributed by atoms with van der Waals surface area (Å²) in [6, 6.07) is 7.83. The average molecular weight is 567 g/mol. The van der Waals surface area contributed by atoms with Crippen molar-refractivity contribution in [3.63, 3.8) is 0 Å². The molecule has 0 spiro atoms. The van der Waals surface area contributed by atoms with Gasteiger partial charge in [0.25, 0.3) is 5.69 Å². The zero-order valence-corrected chi connectivity index (χ0v) is 23.6. The molecule has 0 N–H and O–H groups in total. The molecule has 0 fully saturated rings. The molecule has 0 amide bonds. The molecule has 2 aromatic rings. The number of hydrogen-bond acceptors (Lipinski definition) is 7. The van der Waals surface area contributed by atoms with E-state index in [2.05, 4.69) is 15.9 Å². The molecule has 2 aromatic carbocycles. The molecule has 11 heteroatoms. The minimum atomic E-state index is -0.594. The van der Waals surface area contributed by atoms with Gasteiger partial charge in [-0.05, 0) is 54.9 Å². The second kappa shape index (κ2) is 12.6. The Kier molecular flexibility index (Phi) is 10.4. The fourth-order valence-electron chi connectivity index (χ4n) is 3.61. The number of nitro groups is 1. The number of ether oxygens (including phenoxy) is 2. The first-order valence-electron chi connectivity index (χ1n) is 10.4. The van der Waals surface area contributed by atoms with E-state index in [9.17, 15) is 14.9 Å². The minimum absolute atomic E-state index is 0.0172. The lowest BCUT2D eigenvalue weighted by Gasteiger charge is -2.36. The van der Waals surface area contributed by atoms with Gasteiger partial charge in [-0.15, -0.1) is 0 Å². The topological polar surface area (TPSA) is 97.1 Å². The Morgan fingerprint density at radius 1 is 1.18 bits per heavy atom. The Hall–Kier alpha value is -2.06. The van der Waals surface area contributed by atoms with Crippen molar-refractivity contribution in [2.24, 2.45) is 0 Å². The second-order valence-electron chi connectivity index (χ2n) is 7.94. The van der Waals surface area contributed by atoms with Crippen LogP contribution >= 0.6 is 15.9 Å². The molecule has 0 bridgehead atoms. The fraction of sp³-hybridized carbons (Fsp3) is 0.435. The summed E-state index contributed by atoms with van der Waals surface area (Å²) in [5.41, 5.74) is 2.74. The highest BCUT2D eigenvalue weighted by molar-refractivity contribution is 9.08. The molecule has 0 aliphatic heterocycles. The SMILES string of the molecule is COc1cc(C(C)(C)C(O[Si]C)O[Si]C)c(CBr)c(C(=O)OCc2ccc([N+](=O)[O-])cc2)c1C. The highest BCUT2D eigenvalue weighted by Crippen LogP contribution is 2.40. The summed E-state index contributed by atoms with van der Waals surface area (Å²) in [7, 11) is 2.03. The van der Waals surface area contributed by atoms with Gasteiger partial charge in [-0.25, -0.2) is 4.79 Å². The molecule has 2 rings (SSSR count). The maximum Gasteiger partial charge on any atom is 0.339 e. The molecular formula is C23H28BrNO7Si2. The summed E-state index contributed by atoms with van der Waals surface area (Å²) in [6.45, 7) is 9.70. The predicted octanol–water partition coefficient (Wildman–Crippen LogP) is 5.14. The zero-order valence-electron chi connectivity index (χ0n) is 20.1. The lowest BCUT2D eigenvalue weighted by Crippen LogP contribution is -2.40. The van der Waals surface area contributed by atoms with Gasteiger partial charge in [0, 0.05) is 28.4 Å². The lowest BCUT2D eigenvalue weighted by molar-refractivity contribution is -0.384. The van der Waals surface area contributed by atoms with Crippen molar-refractivity contribution >= 4 is 47.1 Å². The van der Waals surface area contributed by atoms with Gasteiger partial charge >= 0.3 is 5.97 Å². The van der Waals surface area contributed by atoms with Crippen molar-refractivity contribution in [2.75, 3.05) is 7.11 Å². The van der Waals surface area contributed by atoms with Crippen LogP contribution in [0.3, 0.4) is 0 Å². The van der Waals surface area contributed by atoms with Crippen LogP contribution in [0.25, 0.3) is 0 Å². The van der Waals surface area contributed by atoms with Crippen LogP contribution in [0.2, 0.25) is 13.1 Å². The molecule has 0 aromatic heterocycles. The number of carbonyl (C=O) groups is 1. The summed E-state index contributed by atoms with van der Waals surface area (Å²) >= 11 is 3.55. The highest BCUT2D eigenvalue weighted by Gasteiger charge is 2.37. The Balaban J connectivity index is 2.48. The van der Waals surface area contributed by atoms with Gasteiger partial charge in [0.1, 0.15) is 18.6 Å². The van der Waals surface area contributed by atoms with Crippen molar-refractivity contribution in [2.45, 2.75) is 57.5 Å². The van der Waals surface area contributed by atoms with E-state index < -0.39 is 22.6 Å². The van der Waals surface area contributed by atoms with Crippen LogP contribution in [0.5, 0.6) is 5.75 Å². The van der Waals surface area contributed by atoms with Crippen molar-refractivity contribution in [1.82, 2.24) is 0 Å². The minimum Gasteiger partial charge on any atom is -0.496 e. The summed E-state index contributed by atoms with van der Waals surface area (Å²) in [6.07, 6.45) is -0.506. The molecule has 0 saturated carbocycles. The Bertz CT molecular complexity index is 1010. The van der Waals surface area contributed by atoms with E-state index in [0.29, 0.717) is 27.8 Å². The molecule has 0 heterocycles. The predicted molar refractivity (Wildman–Crippen MR) is 135 cm³/mol. The van der Waals surface area contributed by atoms with Gasteiger partial charge < -0.3 is 18.3 Å². The number of halogens is 1. The first kappa shape index (κ1) is 28.2. The van der Waals surface area contributed by atoms with Crippen LogP contribution in [0.1, 0.15) is 46.5 Å². The number of rotatable bonds is 12. The zero-order chi connectivity index (χ0) is 25.5. The molecule has 0 aliphatic carbocycles. The average Bonchev–Trinajstić information content (AvgIpc) is 2.82. The number of hydrogen-bond donors (Lipinski definition) is 0. The third kappa shape index (κ3) is 6.33. The van der Waals surface area contributed by atoms with Crippen molar-refractivity contribution in [1.29, 1.82) is 0 Å². The second-order valence-corrected chi connectivity index (χ2v) is 9.78. The number of alkyl halides is 1. The molecule has 0 unspecified atom stereocenters. The normalized spacial score (nSPS) is 11.5. The first-order chi connectivity index (χ1) is 16.1. The summed E-state index contributed by atoms with van der Waals surface area (Å²) < 4.78 is 23.1. The Labute approximate surface area is 213 Å². The summed E-state index contributed by atoms with van der Waals surface area (Å²) in [5, 5.41) is 11.3. The Morgan fingerprint density at radius 3 is 2.24 bits per heavy atom. The van der Waals surface area contributed by atoms with Gasteiger partial charge in [-0.3, -0.25) is 10.1 Å². The summed E-state index contributed by atoms with van der Waals surface area (Å²) in [4.78, 5) is 23.7. The van der Waals surface area contributed by atoms with Crippen LogP contribution in [-0.2, 0) is 30.9 Å².